The van der Waals surface area contributed by atoms with Crippen molar-refractivity contribution in [1.82, 2.24) is 0 Å². The van der Waals surface area contributed by atoms with E-state index in [0.717, 1.165) is 27.6 Å². The van der Waals surface area contributed by atoms with Crippen LogP contribution < -0.4 is 15.4 Å². The SMILES string of the molecule is COc1cc2c(cc1NC(=O)[C@@H](C)Nc1cccc(C)c1)oc1ccccc12. The van der Waals surface area contributed by atoms with Gasteiger partial charge in [0.05, 0.1) is 12.8 Å². The Labute approximate surface area is 163 Å². The van der Waals surface area contributed by atoms with Gasteiger partial charge in [0.25, 0.3) is 0 Å². The van der Waals surface area contributed by atoms with Gasteiger partial charge in [-0.05, 0) is 43.7 Å². The molecule has 2 N–H and O–H groups in total. The van der Waals surface area contributed by atoms with E-state index in [1.165, 1.54) is 0 Å². The minimum absolute atomic E-state index is 0.157. The number of para-hydroxylation sites is 1. The standard InChI is InChI=1S/C23H22N2O3/c1-14-7-6-8-16(11-14)24-15(2)23(26)25-19-13-21-18(12-22(19)27-3)17-9-4-5-10-20(17)28-21/h4-13,15,24H,1-3H3,(H,25,26)/t15-/m1/s1. The first-order valence-corrected chi connectivity index (χ1v) is 9.18. The van der Waals surface area contributed by atoms with E-state index in [-0.39, 0.29) is 5.91 Å². The van der Waals surface area contributed by atoms with Crippen LogP contribution >= 0.6 is 0 Å². The van der Waals surface area contributed by atoms with Gasteiger partial charge in [0.15, 0.2) is 0 Å². The average molecular weight is 374 g/mol. The maximum atomic E-state index is 12.7. The smallest absolute Gasteiger partial charge is 0.246 e. The zero-order valence-corrected chi connectivity index (χ0v) is 16.1. The average Bonchev–Trinajstić information content (AvgIpc) is 3.04. The Kier molecular flexibility index (Phi) is 4.65. The largest absolute Gasteiger partial charge is 0.495 e. The monoisotopic (exact) mass is 374 g/mol. The van der Waals surface area contributed by atoms with Gasteiger partial charge in [-0.25, -0.2) is 0 Å². The van der Waals surface area contributed by atoms with Crippen LogP contribution in [0.5, 0.6) is 5.75 Å². The molecule has 3 aromatic carbocycles. The molecule has 4 aromatic rings. The Hall–Kier alpha value is -3.47. The van der Waals surface area contributed by atoms with Gasteiger partial charge in [-0.2, -0.15) is 0 Å². The highest BCUT2D eigenvalue weighted by Gasteiger charge is 2.17. The molecule has 142 valence electrons. The summed E-state index contributed by atoms with van der Waals surface area (Å²) in [6, 6.07) is 19.0. The van der Waals surface area contributed by atoms with E-state index in [1.807, 2.05) is 74.5 Å². The van der Waals surface area contributed by atoms with E-state index in [0.29, 0.717) is 17.0 Å². The van der Waals surface area contributed by atoms with Gasteiger partial charge in [0.2, 0.25) is 5.91 Å². The molecule has 0 fully saturated rings. The fraction of sp³-hybridized carbons (Fsp3) is 0.174. The molecule has 0 bridgehead atoms. The Morgan fingerprint density at radius 3 is 2.61 bits per heavy atom. The fourth-order valence-corrected chi connectivity index (χ4v) is 3.31. The molecule has 28 heavy (non-hydrogen) atoms. The van der Waals surface area contributed by atoms with E-state index < -0.39 is 6.04 Å². The molecular formula is C23H22N2O3. The van der Waals surface area contributed by atoms with Crippen molar-refractivity contribution in [3.63, 3.8) is 0 Å². The number of methoxy groups -OCH3 is 1. The third kappa shape index (κ3) is 3.39. The molecule has 4 rings (SSSR count). The van der Waals surface area contributed by atoms with E-state index >= 15 is 0 Å². The van der Waals surface area contributed by atoms with Gasteiger partial charge >= 0.3 is 0 Å². The second-order valence-corrected chi connectivity index (χ2v) is 6.87. The second-order valence-electron chi connectivity index (χ2n) is 6.87. The lowest BCUT2D eigenvalue weighted by Gasteiger charge is -2.17. The highest BCUT2D eigenvalue weighted by atomic mass is 16.5. The molecule has 1 heterocycles. The summed E-state index contributed by atoms with van der Waals surface area (Å²) in [6.07, 6.45) is 0. The van der Waals surface area contributed by atoms with Gasteiger partial charge in [-0.15, -0.1) is 0 Å². The van der Waals surface area contributed by atoms with Gasteiger partial charge in [-0.3, -0.25) is 4.79 Å². The van der Waals surface area contributed by atoms with E-state index in [9.17, 15) is 4.79 Å². The number of aryl methyl sites for hydroxylation is 1. The molecular weight excluding hydrogens is 352 g/mol. The molecule has 1 amide bonds. The molecule has 0 spiro atoms. The third-order valence-corrected chi connectivity index (χ3v) is 4.75. The number of amides is 1. The molecule has 1 atom stereocenters. The van der Waals surface area contributed by atoms with Gasteiger partial charge < -0.3 is 19.8 Å². The Morgan fingerprint density at radius 2 is 1.82 bits per heavy atom. The van der Waals surface area contributed by atoms with E-state index in [2.05, 4.69) is 10.6 Å². The predicted octanol–water partition coefficient (Wildman–Crippen LogP) is 5.34. The summed E-state index contributed by atoms with van der Waals surface area (Å²) in [5.74, 6) is 0.436. The Balaban J connectivity index is 1.61. The zero-order chi connectivity index (χ0) is 19.7. The first-order chi connectivity index (χ1) is 13.5. The Morgan fingerprint density at radius 1 is 1.00 bits per heavy atom. The minimum Gasteiger partial charge on any atom is -0.495 e. The highest BCUT2D eigenvalue weighted by molar-refractivity contribution is 6.08. The normalized spacial score (nSPS) is 12.1. The van der Waals surface area contributed by atoms with E-state index in [4.69, 9.17) is 9.15 Å². The molecule has 0 aliphatic rings. The van der Waals surface area contributed by atoms with Gasteiger partial charge in [0, 0.05) is 22.5 Å². The molecule has 0 saturated heterocycles. The lowest BCUT2D eigenvalue weighted by atomic mass is 10.1. The molecule has 5 heteroatoms. The maximum absolute atomic E-state index is 12.7. The van der Waals surface area contributed by atoms with Crippen LogP contribution in [-0.4, -0.2) is 19.1 Å². The number of carbonyl (C=O) groups is 1. The molecule has 0 aliphatic carbocycles. The summed E-state index contributed by atoms with van der Waals surface area (Å²) in [7, 11) is 1.59. The predicted molar refractivity (Wildman–Crippen MR) is 113 cm³/mol. The molecule has 0 radical (unpaired) electrons. The number of rotatable bonds is 5. The number of hydrogen-bond donors (Lipinski definition) is 2. The molecule has 1 aromatic heterocycles. The molecule has 0 aliphatic heterocycles. The van der Waals surface area contributed by atoms with Gasteiger partial charge in [0.1, 0.15) is 23.0 Å². The first kappa shape index (κ1) is 17.9. The number of anilines is 2. The minimum atomic E-state index is -0.419. The quantitative estimate of drug-likeness (QED) is 0.495. The fourth-order valence-electron chi connectivity index (χ4n) is 3.31. The van der Waals surface area contributed by atoms with Crippen molar-refractivity contribution in [2.75, 3.05) is 17.7 Å². The number of carbonyl (C=O) groups excluding carboxylic acids is 1. The Bertz CT molecular complexity index is 1160. The third-order valence-electron chi connectivity index (χ3n) is 4.75. The second kappa shape index (κ2) is 7.27. The van der Waals surface area contributed by atoms with Crippen molar-refractivity contribution in [2.45, 2.75) is 19.9 Å². The lowest BCUT2D eigenvalue weighted by molar-refractivity contribution is -0.116. The first-order valence-electron chi connectivity index (χ1n) is 9.18. The van der Waals surface area contributed by atoms with Crippen LogP contribution in [0.3, 0.4) is 0 Å². The van der Waals surface area contributed by atoms with Crippen molar-refractivity contribution >= 4 is 39.2 Å². The van der Waals surface area contributed by atoms with Crippen molar-refractivity contribution in [3.8, 4) is 5.75 Å². The van der Waals surface area contributed by atoms with Crippen molar-refractivity contribution in [1.29, 1.82) is 0 Å². The maximum Gasteiger partial charge on any atom is 0.246 e. The number of fused-ring (bicyclic) bond motifs is 3. The van der Waals surface area contributed by atoms with Crippen LogP contribution in [0, 0.1) is 6.92 Å². The number of nitrogens with one attached hydrogen (secondary N) is 2. The van der Waals surface area contributed by atoms with Crippen LogP contribution in [0.1, 0.15) is 12.5 Å². The summed E-state index contributed by atoms with van der Waals surface area (Å²) in [4.78, 5) is 12.7. The lowest BCUT2D eigenvalue weighted by Crippen LogP contribution is -2.32. The number of furan rings is 1. The van der Waals surface area contributed by atoms with Crippen molar-refractivity contribution in [2.24, 2.45) is 0 Å². The summed E-state index contributed by atoms with van der Waals surface area (Å²) in [6.45, 7) is 3.84. The van der Waals surface area contributed by atoms with Crippen LogP contribution in [0.4, 0.5) is 11.4 Å². The van der Waals surface area contributed by atoms with Crippen LogP contribution in [0.2, 0.25) is 0 Å². The van der Waals surface area contributed by atoms with Crippen LogP contribution in [-0.2, 0) is 4.79 Å². The topological polar surface area (TPSA) is 63.5 Å². The summed E-state index contributed by atoms with van der Waals surface area (Å²) < 4.78 is 11.4. The van der Waals surface area contributed by atoms with E-state index in [1.54, 1.807) is 7.11 Å². The molecule has 5 nitrogen and oxygen atoms in total. The summed E-state index contributed by atoms with van der Waals surface area (Å²) in [5, 5.41) is 8.14. The number of benzene rings is 3. The van der Waals surface area contributed by atoms with Crippen LogP contribution in [0.25, 0.3) is 21.9 Å². The van der Waals surface area contributed by atoms with Crippen molar-refractivity contribution in [3.05, 3.63) is 66.2 Å². The summed E-state index contributed by atoms with van der Waals surface area (Å²) in [5.41, 5.74) is 4.13. The highest BCUT2D eigenvalue weighted by Crippen LogP contribution is 2.36. The van der Waals surface area contributed by atoms with Gasteiger partial charge in [-0.1, -0.05) is 30.3 Å². The molecule has 0 unspecified atom stereocenters. The number of hydrogen-bond acceptors (Lipinski definition) is 4. The van der Waals surface area contributed by atoms with Crippen LogP contribution in [0.15, 0.2) is 65.1 Å². The number of ether oxygens (including phenoxy) is 1. The zero-order valence-electron chi connectivity index (χ0n) is 16.1. The molecule has 0 saturated carbocycles. The van der Waals surface area contributed by atoms with Crippen molar-refractivity contribution < 1.29 is 13.9 Å². The summed E-state index contributed by atoms with van der Waals surface area (Å²) >= 11 is 0.